The smallest absolute Gasteiger partial charge is 0.256 e. The number of carbonyl (C=O) groups excluding carboxylic acids is 1. The molecule has 24 heavy (non-hydrogen) atoms. The van der Waals surface area contributed by atoms with Crippen LogP contribution in [0.3, 0.4) is 0 Å². The number of hydrogen-bond acceptors (Lipinski definition) is 1. The lowest BCUT2D eigenvalue weighted by atomic mass is 10.1. The number of fused-ring (bicyclic) bond motifs is 1. The summed E-state index contributed by atoms with van der Waals surface area (Å²) in [6.45, 7) is 0. The van der Waals surface area contributed by atoms with Crippen molar-refractivity contribution < 1.29 is 4.79 Å². The molecule has 0 spiro atoms. The molecule has 118 valence electrons. The first-order chi connectivity index (χ1) is 11.6. The lowest BCUT2D eigenvalue weighted by molar-refractivity contribution is -0.110. The molecule has 1 N–H and O–H groups in total. The normalized spacial score (nSPS) is 14.8. The van der Waals surface area contributed by atoms with E-state index in [-0.39, 0.29) is 5.91 Å². The third kappa shape index (κ3) is 2.62. The van der Waals surface area contributed by atoms with Gasteiger partial charge in [-0.05, 0) is 42.5 Å². The molecule has 4 rings (SSSR count). The minimum absolute atomic E-state index is 0.104. The molecule has 1 aromatic heterocycles. The van der Waals surface area contributed by atoms with Crippen LogP contribution in [0.4, 0.5) is 5.69 Å². The van der Waals surface area contributed by atoms with Gasteiger partial charge in [0.15, 0.2) is 0 Å². The van der Waals surface area contributed by atoms with Gasteiger partial charge >= 0.3 is 0 Å². The molecule has 1 amide bonds. The number of carbonyl (C=O) groups is 1. The van der Waals surface area contributed by atoms with Gasteiger partial charge in [-0.25, -0.2) is 0 Å². The highest BCUT2D eigenvalue weighted by Crippen LogP contribution is 2.33. The second-order valence-corrected chi connectivity index (χ2v) is 6.36. The lowest BCUT2D eigenvalue weighted by Gasteiger charge is -2.08. The number of amides is 1. The van der Waals surface area contributed by atoms with Crippen LogP contribution < -0.4 is 5.32 Å². The number of anilines is 1. The summed E-state index contributed by atoms with van der Waals surface area (Å²) in [7, 11) is 0. The molecule has 3 nitrogen and oxygen atoms in total. The van der Waals surface area contributed by atoms with E-state index in [1.54, 1.807) is 6.07 Å². The van der Waals surface area contributed by atoms with Crippen molar-refractivity contribution in [3.8, 4) is 5.69 Å². The Morgan fingerprint density at radius 1 is 0.958 bits per heavy atom. The van der Waals surface area contributed by atoms with Crippen molar-refractivity contribution in [1.82, 2.24) is 4.57 Å². The number of nitrogens with zero attached hydrogens (tertiary/aromatic N) is 1. The summed E-state index contributed by atoms with van der Waals surface area (Å²) in [4.78, 5) is 12.3. The van der Waals surface area contributed by atoms with Gasteiger partial charge in [0.05, 0.1) is 5.57 Å². The average molecular weight is 355 g/mol. The SMILES string of the molecule is O=C1Nc2ccccc2C1=Cc1cccn1-c1cc(Cl)cc(Cl)c1. The van der Waals surface area contributed by atoms with Gasteiger partial charge in [-0.3, -0.25) is 4.79 Å². The number of rotatable bonds is 2. The van der Waals surface area contributed by atoms with Gasteiger partial charge in [0, 0.05) is 38.9 Å². The fraction of sp³-hybridized carbons (Fsp3) is 0. The summed E-state index contributed by atoms with van der Waals surface area (Å²) in [5.41, 5.74) is 4.09. The maximum absolute atomic E-state index is 12.3. The molecule has 0 saturated carbocycles. The molecule has 0 saturated heterocycles. The minimum Gasteiger partial charge on any atom is -0.321 e. The maximum Gasteiger partial charge on any atom is 0.256 e. The van der Waals surface area contributed by atoms with E-state index >= 15 is 0 Å². The first kappa shape index (κ1) is 15.1. The third-order valence-electron chi connectivity index (χ3n) is 3.91. The van der Waals surface area contributed by atoms with Gasteiger partial charge in [0.1, 0.15) is 0 Å². The van der Waals surface area contributed by atoms with Crippen LogP contribution in [0, 0.1) is 0 Å². The summed E-state index contributed by atoms with van der Waals surface area (Å²) < 4.78 is 1.94. The van der Waals surface area contributed by atoms with E-state index in [0.717, 1.165) is 22.6 Å². The third-order valence-corrected chi connectivity index (χ3v) is 4.34. The second kappa shape index (κ2) is 5.86. The summed E-state index contributed by atoms with van der Waals surface area (Å²) in [5.74, 6) is -0.104. The van der Waals surface area contributed by atoms with Crippen LogP contribution in [0.1, 0.15) is 11.3 Å². The summed E-state index contributed by atoms with van der Waals surface area (Å²) in [5, 5.41) is 4.01. The fourth-order valence-electron chi connectivity index (χ4n) is 2.86. The number of para-hydroxylation sites is 1. The molecular formula is C19H12Cl2N2O. The zero-order valence-corrected chi connectivity index (χ0v) is 14.0. The van der Waals surface area contributed by atoms with E-state index in [2.05, 4.69) is 5.32 Å². The zero-order valence-electron chi connectivity index (χ0n) is 12.5. The summed E-state index contributed by atoms with van der Waals surface area (Å²) in [6, 6.07) is 16.9. The Morgan fingerprint density at radius 3 is 2.50 bits per heavy atom. The standard InChI is InChI=1S/C19H12Cl2N2O/c20-12-8-13(21)10-15(9-12)23-7-3-4-14(23)11-17-16-5-1-2-6-18(16)22-19(17)24/h1-11H,(H,22,24). The van der Waals surface area contributed by atoms with E-state index in [1.165, 1.54) is 0 Å². The Morgan fingerprint density at radius 2 is 1.71 bits per heavy atom. The van der Waals surface area contributed by atoms with Crippen molar-refractivity contribution in [3.63, 3.8) is 0 Å². The molecule has 2 aromatic carbocycles. The molecule has 0 atom stereocenters. The van der Waals surface area contributed by atoms with Crippen molar-refractivity contribution >= 4 is 46.4 Å². The summed E-state index contributed by atoms with van der Waals surface area (Å²) in [6.07, 6.45) is 3.78. The number of aromatic nitrogens is 1. The number of hydrogen-bond donors (Lipinski definition) is 1. The molecule has 5 heteroatoms. The molecule has 0 unspecified atom stereocenters. The van der Waals surface area contributed by atoms with Gasteiger partial charge in [0.2, 0.25) is 0 Å². The topological polar surface area (TPSA) is 34.0 Å². The quantitative estimate of drug-likeness (QED) is 0.624. The van der Waals surface area contributed by atoms with Crippen molar-refractivity contribution in [3.05, 3.63) is 82.1 Å². The van der Waals surface area contributed by atoms with Crippen molar-refractivity contribution in [2.75, 3.05) is 5.32 Å². The Balaban J connectivity index is 1.83. The Kier molecular flexibility index (Phi) is 3.68. The monoisotopic (exact) mass is 354 g/mol. The van der Waals surface area contributed by atoms with E-state index in [1.807, 2.05) is 65.4 Å². The molecule has 2 heterocycles. The van der Waals surface area contributed by atoms with Crippen LogP contribution in [0.5, 0.6) is 0 Å². The summed E-state index contributed by atoms with van der Waals surface area (Å²) >= 11 is 12.2. The van der Waals surface area contributed by atoms with Crippen LogP contribution in [-0.2, 0) is 4.79 Å². The highest BCUT2D eigenvalue weighted by molar-refractivity contribution is 6.35. The van der Waals surface area contributed by atoms with E-state index in [0.29, 0.717) is 15.6 Å². The second-order valence-electron chi connectivity index (χ2n) is 5.49. The average Bonchev–Trinajstić information content (AvgIpc) is 3.12. The molecular weight excluding hydrogens is 343 g/mol. The van der Waals surface area contributed by atoms with Gasteiger partial charge in [0.25, 0.3) is 5.91 Å². The van der Waals surface area contributed by atoms with Crippen LogP contribution in [0.15, 0.2) is 60.8 Å². The molecule has 1 aliphatic rings. The molecule has 1 aliphatic heterocycles. The van der Waals surface area contributed by atoms with E-state index < -0.39 is 0 Å². The predicted molar refractivity (Wildman–Crippen MR) is 98.7 cm³/mol. The molecule has 0 aliphatic carbocycles. The van der Waals surface area contributed by atoms with Crippen molar-refractivity contribution in [1.29, 1.82) is 0 Å². The van der Waals surface area contributed by atoms with Gasteiger partial charge in [-0.2, -0.15) is 0 Å². The van der Waals surface area contributed by atoms with Crippen LogP contribution in [0.25, 0.3) is 17.3 Å². The maximum atomic E-state index is 12.3. The van der Waals surface area contributed by atoms with E-state index in [4.69, 9.17) is 23.2 Å². The Hall–Kier alpha value is -2.49. The number of halogens is 2. The molecule has 3 aromatic rings. The van der Waals surface area contributed by atoms with Gasteiger partial charge < -0.3 is 9.88 Å². The molecule has 0 radical (unpaired) electrons. The number of benzene rings is 2. The molecule has 0 bridgehead atoms. The minimum atomic E-state index is -0.104. The Labute approximate surface area is 149 Å². The highest BCUT2D eigenvalue weighted by Gasteiger charge is 2.23. The van der Waals surface area contributed by atoms with Crippen LogP contribution >= 0.6 is 23.2 Å². The highest BCUT2D eigenvalue weighted by atomic mass is 35.5. The van der Waals surface area contributed by atoms with Crippen molar-refractivity contribution in [2.45, 2.75) is 0 Å². The largest absolute Gasteiger partial charge is 0.321 e. The first-order valence-corrected chi connectivity index (χ1v) is 8.14. The van der Waals surface area contributed by atoms with E-state index in [9.17, 15) is 4.79 Å². The molecule has 0 fully saturated rings. The lowest BCUT2D eigenvalue weighted by Crippen LogP contribution is -2.04. The van der Waals surface area contributed by atoms with Gasteiger partial charge in [-0.1, -0.05) is 41.4 Å². The predicted octanol–water partition coefficient (Wildman–Crippen LogP) is 5.28. The number of nitrogens with one attached hydrogen (secondary N) is 1. The zero-order chi connectivity index (χ0) is 16.7. The van der Waals surface area contributed by atoms with Gasteiger partial charge in [-0.15, -0.1) is 0 Å². The van der Waals surface area contributed by atoms with Crippen LogP contribution in [0.2, 0.25) is 10.0 Å². The van der Waals surface area contributed by atoms with Crippen molar-refractivity contribution in [2.24, 2.45) is 0 Å². The fourth-order valence-corrected chi connectivity index (χ4v) is 3.37. The Bertz CT molecular complexity index is 968. The first-order valence-electron chi connectivity index (χ1n) is 7.38. The van der Waals surface area contributed by atoms with Crippen LogP contribution in [-0.4, -0.2) is 10.5 Å².